The molecule has 2 aromatic rings. The molecule has 0 saturated carbocycles. The van der Waals surface area contributed by atoms with E-state index in [2.05, 4.69) is 17.6 Å². The Morgan fingerprint density at radius 2 is 1.79 bits per heavy atom. The molecule has 29 heavy (non-hydrogen) atoms. The monoisotopic (exact) mass is 430 g/mol. The Morgan fingerprint density at radius 1 is 1.07 bits per heavy atom. The molecule has 2 rings (SSSR count). The molecule has 0 spiro atoms. The van der Waals surface area contributed by atoms with E-state index in [1.54, 1.807) is 12.1 Å². The van der Waals surface area contributed by atoms with E-state index in [1.165, 1.54) is 31.8 Å². The number of ether oxygens (including phenoxy) is 1. The van der Waals surface area contributed by atoms with E-state index in [9.17, 15) is 4.79 Å². The van der Waals surface area contributed by atoms with Crippen molar-refractivity contribution in [2.75, 3.05) is 11.9 Å². The molecule has 6 heteroatoms. The summed E-state index contributed by atoms with van der Waals surface area (Å²) in [6.07, 6.45) is 9.10. The van der Waals surface area contributed by atoms with Gasteiger partial charge >= 0.3 is 0 Å². The summed E-state index contributed by atoms with van der Waals surface area (Å²) in [7, 11) is 0. The van der Waals surface area contributed by atoms with Crippen LogP contribution in [0.5, 0.6) is 5.75 Å². The second kappa shape index (κ2) is 13.0. The van der Waals surface area contributed by atoms with Crippen molar-refractivity contribution in [2.45, 2.75) is 39.0 Å². The number of nitrogens with one attached hydrogen (secondary N) is 2. The van der Waals surface area contributed by atoms with Crippen molar-refractivity contribution in [1.29, 1.82) is 0 Å². The van der Waals surface area contributed by atoms with Gasteiger partial charge in [-0.05, 0) is 60.6 Å². The molecule has 0 fully saturated rings. The third kappa shape index (κ3) is 9.11. The molecule has 0 aromatic heterocycles. The van der Waals surface area contributed by atoms with Gasteiger partial charge in [-0.1, -0.05) is 62.4 Å². The summed E-state index contributed by atoms with van der Waals surface area (Å²) in [5.41, 5.74) is 1.55. The average Bonchev–Trinajstić information content (AvgIpc) is 2.71. The molecule has 1 amide bonds. The number of benzene rings is 2. The van der Waals surface area contributed by atoms with Crippen LogP contribution in [0, 0.1) is 0 Å². The summed E-state index contributed by atoms with van der Waals surface area (Å²) < 4.78 is 5.74. The van der Waals surface area contributed by atoms with E-state index < -0.39 is 0 Å². The molecule has 0 heterocycles. The molecule has 0 radical (unpaired) electrons. The maximum absolute atomic E-state index is 12.0. The van der Waals surface area contributed by atoms with Crippen molar-refractivity contribution in [1.82, 2.24) is 5.32 Å². The minimum atomic E-state index is -0.328. The fourth-order valence-corrected chi connectivity index (χ4v) is 3.04. The largest absolute Gasteiger partial charge is 0.494 e. The van der Waals surface area contributed by atoms with Crippen LogP contribution >= 0.6 is 23.8 Å². The van der Waals surface area contributed by atoms with E-state index in [0.717, 1.165) is 30.0 Å². The molecule has 2 N–H and O–H groups in total. The number of amides is 1. The quantitative estimate of drug-likeness (QED) is 0.267. The predicted octanol–water partition coefficient (Wildman–Crippen LogP) is 6.22. The molecule has 0 unspecified atom stereocenters. The van der Waals surface area contributed by atoms with Crippen LogP contribution in [-0.2, 0) is 4.79 Å². The van der Waals surface area contributed by atoms with Gasteiger partial charge in [-0.15, -0.1) is 0 Å². The van der Waals surface area contributed by atoms with Crippen LogP contribution in [0.15, 0.2) is 54.6 Å². The Morgan fingerprint density at radius 3 is 2.52 bits per heavy atom. The van der Waals surface area contributed by atoms with Gasteiger partial charge in [-0.3, -0.25) is 10.1 Å². The lowest BCUT2D eigenvalue weighted by Gasteiger charge is -2.10. The topological polar surface area (TPSA) is 50.4 Å². The van der Waals surface area contributed by atoms with Crippen LogP contribution in [0.2, 0.25) is 5.02 Å². The van der Waals surface area contributed by atoms with Gasteiger partial charge < -0.3 is 10.1 Å². The number of thiocarbonyl (C=S) groups is 1. The lowest BCUT2D eigenvalue weighted by atomic mass is 10.2. The number of unbranched alkanes of at least 4 members (excludes halogenated alkanes) is 4. The maximum Gasteiger partial charge on any atom is 0.250 e. The van der Waals surface area contributed by atoms with Crippen molar-refractivity contribution in [2.24, 2.45) is 0 Å². The van der Waals surface area contributed by atoms with E-state index in [0.29, 0.717) is 5.02 Å². The highest BCUT2D eigenvalue weighted by Gasteiger charge is 2.03. The van der Waals surface area contributed by atoms with Crippen LogP contribution in [-0.4, -0.2) is 17.6 Å². The van der Waals surface area contributed by atoms with Crippen molar-refractivity contribution in [3.05, 3.63) is 65.2 Å². The number of hydrogen-bond donors (Lipinski definition) is 2. The van der Waals surface area contributed by atoms with E-state index in [4.69, 9.17) is 28.6 Å². The molecule has 0 bridgehead atoms. The third-order valence-electron chi connectivity index (χ3n) is 4.19. The van der Waals surface area contributed by atoms with Gasteiger partial charge in [0.15, 0.2) is 5.11 Å². The summed E-state index contributed by atoms with van der Waals surface area (Å²) in [5, 5.41) is 6.40. The van der Waals surface area contributed by atoms with Crippen LogP contribution < -0.4 is 15.4 Å². The molecular weight excluding hydrogens is 404 g/mol. The fourth-order valence-electron chi connectivity index (χ4n) is 2.62. The molecule has 2 aromatic carbocycles. The first-order chi connectivity index (χ1) is 14.1. The highest BCUT2D eigenvalue weighted by molar-refractivity contribution is 7.80. The lowest BCUT2D eigenvalue weighted by Crippen LogP contribution is -2.32. The highest BCUT2D eigenvalue weighted by Crippen LogP contribution is 2.17. The maximum atomic E-state index is 12.0. The second-order valence-electron chi connectivity index (χ2n) is 6.59. The van der Waals surface area contributed by atoms with Crippen LogP contribution in [0.4, 0.5) is 5.69 Å². The Balaban J connectivity index is 1.73. The first kappa shape index (κ1) is 22.9. The Hall–Kier alpha value is -2.37. The Bertz CT molecular complexity index is 822. The SMILES string of the molecule is CCCCCCCOc1ccc(NC(=S)NC(=O)/C=C/c2ccccc2Cl)cc1. The predicted molar refractivity (Wildman–Crippen MR) is 126 cm³/mol. The third-order valence-corrected chi connectivity index (χ3v) is 4.73. The summed E-state index contributed by atoms with van der Waals surface area (Å²) in [4.78, 5) is 12.0. The van der Waals surface area contributed by atoms with Crippen molar-refractivity contribution >= 4 is 46.6 Å². The van der Waals surface area contributed by atoms with Gasteiger partial charge in [0.2, 0.25) is 5.91 Å². The van der Waals surface area contributed by atoms with Crippen LogP contribution in [0.25, 0.3) is 6.08 Å². The molecular formula is C23H27ClN2O2S. The van der Waals surface area contributed by atoms with Gasteiger partial charge in [0.1, 0.15) is 5.75 Å². The van der Waals surface area contributed by atoms with Crippen molar-refractivity contribution < 1.29 is 9.53 Å². The summed E-state index contributed by atoms with van der Waals surface area (Å²) >= 11 is 11.3. The zero-order valence-corrected chi connectivity index (χ0v) is 18.2. The van der Waals surface area contributed by atoms with E-state index >= 15 is 0 Å². The first-order valence-electron chi connectivity index (χ1n) is 9.86. The van der Waals surface area contributed by atoms with Gasteiger partial charge in [0.05, 0.1) is 6.61 Å². The molecule has 0 aliphatic heterocycles. The Kier molecular flexibility index (Phi) is 10.2. The molecule has 4 nitrogen and oxygen atoms in total. The normalized spacial score (nSPS) is 10.7. The molecule has 0 aliphatic rings. The number of carbonyl (C=O) groups excluding carboxylic acids is 1. The molecule has 0 atom stereocenters. The number of carbonyl (C=O) groups is 1. The minimum Gasteiger partial charge on any atom is -0.494 e. The Labute approximate surface area is 183 Å². The lowest BCUT2D eigenvalue weighted by molar-refractivity contribution is -0.115. The minimum absolute atomic E-state index is 0.225. The van der Waals surface area contributed by atoms with Gasteiger partial charge in [0.25, 0.3) is 0 Å². The molecule has 0 saturated heterocycles. The smallest absolute Gasteiger partial charge is 0.250 e. The second-order valence-corrected chi connectivity index (χ2v) is 7.40. The summed E-state index contributed by atoms with van der Waals surface area (Å²) in [6, 6.07) is 14.8. The molecule has 0 aliphatic carbocycles. The fraction of sp³-hybridized carbons (Fsp3) is 0.304. The number of rotatable bonds is 10. The first-order valence-corrected chi connectivity index (χ1v) is 10.6. The van der Waals surface area contributed by atoms with Crippen LogP contribution in [0.1, 0.15) is 44.6 Å². The zero-order valence-electron chi connectivity index (χ0n) is 16.6. The van der Waals surface area contributed by atoms with Gasteiger partial charge in [-0.25, -0.2) is 0 Å². The number of anilines is 1. The summed E-state index contributed by atoms with van der Waals surface area (Å²) in [6.45, 7) is 2.93. The average molecular weight is 431 g/mol. The van der Waals surface area contributed by atoms with Crippen molar-refractivity contribution in [3.63, 3.8) is 0 Å². The molecule has 154 valence electrons. The number of halogens is 1. The zero-order chi connectivity index (χ0) is 20.9. The summed E-state index contributed by atoms with van der Waals surface area (Å²) in [5.74, 6) is 0.495. The van der Waals surface area contributed by atoms with Crippen LogP contribution in [0.3, 0.4) is 0 Å². The highest BCUT2D eigenvalue weighted by atomic mass is 35.5. The number of hydrogen-bond acceptors (Lipinski definition) is 3. The van der Waals surface area contributed by atoms with Gasteiger partial charge in [-0.2, -0.15) is 0 Å². The van der Waals surface area contributed by atoms with E-state index in [1.807, 2.05) is 42.5 Å². The van der Waals surface area contributed by atoms with E-state index in [-0.39, 0.29) is 11.0 Å². The van der Waals surface area contributed by atoms with Gasteiger partial charge in [0, 0.05) is 16.8 Å². The standard InChI is InChI=1S/C23H27ClN2O2S/c1-2-3-4-5-8-17-28-20-14-12-19(13-15-20)25-23(29)26-22(27)16-11-18-9-6-7-10-21(18)24/h6-7,9-16H,2-5,8,17H2,1H3,(H2,25,26,27,29)/b16-11+. The van der Waals surface area contributed by atoms with Crippen molar-refractivity contribution in [3.8, 4) is 5.75 Å².